The summed E-state index contributed by atoms with van der Waals surface area (Å²) in [5.41, 5.74) is -1.19. The van der Waals surface area contributed by atoms with Gasteiger partial charge in [-0.15, -0.1) is 0 Å². The van der Waals surface area contributed by atoms with E-state index >= 15 is 0 Å². The smallest absolute Gasteiger partial charge is 0.389 e. The molecule has 0 aliphatic carbocycles. The molecule has 0 atom stereocenters. The summed E-state index contributed by atoms with van der Waals surface area (Å²) in [5.74, 6) is 0.168. The number of hydrogen-bond donors (Lipinski definition) is 3. The van der Waals surface area contributed by atoms with Gasteiger partial charge in [-0.05, 0) is 49.2 Å². The third-order valence-electron chi connectivity index (χ3n) is 3.69. The molecular formula is C16H21O6P. The van der Waals surface area contributed by atoms with E-state index in [1.54, 1.807) is 51.1 Å². The van der Waals surface area contributed by atoms with Crippen molar-refractivity contribution in [3.63, 3.8) is 0 Å². The molecular weight excluding hydrogens is 319 g/mol. The van der Waals surface area contributed by atoms with Crippen LogP contribution in [-0.4, -0.2) is 28.1 Å². The number of hydrogen-bond acceptors (Lipinski definition) is 4. The summed E-state index contributed by atoms with van der Waals surface area (Å²) in [6, 6.07) is 8.10. The fraction of sp³-hybridized carbons (Fsp3) is 0.375. The molecule has 0 heterocycles. The summed E-state index contributed by atoms with van der Waals surface area (Å²) in [5, 5.41) is 11.3. The number of aromatic hydroxyl groups is 1. The zero-order chi connectivity index (χ0) is 17.3. The van der Waals surface area contributed by atoms with Gasteiger partial charge in [-0.25, -0.2) is 0 Å². The van der Waals surface area contributed by atoms with Crippen LogP contribution in [0.5, 0.6) is 5.75 Å². The first-order valence-corrected chi connectivity index (χ1v) is 8.94. The van der Waals surface area contributed by atoms with Gasteiger partial charge in [0.25, 0.3) is 5.53 Å². The number of ether oxygens (including phenoxy) is 2. The topological polar surface area (TPSA) is 96.2 Å². The number of rotatable bonds is 6. The molecule has 0 unspecified atom stereocenters. The van der Waals surface area contributed by atoms with Crippen LogP contribution in [0.15, 0.2) is 30.3 Å². The summed E-state index contributed by atoms with van der Waals surface area (Å²) in [4.78, 5) is 19.7. The second-order valence-corrected chi connectivity index (χ2v) is 6.81. The highest BCUT2D eigenvalue weighted by Gasteiger charge is 2.51. The Morgan fingerprint density at radius 2 is 1.70 bits per heavy atom. The fourth-order valence-electron chi connectivity index (χ4n) is 2.61. The highest BCUT2D eigenvalue weighted by Crippen LogP contribution is 2.58. The maximum Gasteiger partial charge on any atom is 0.389 e. The summed E-state index contributed by atoms with van der Waals surface area (Å²) in [6.07, 6.45) is 0. The van der Waals surface area contributed by atoms with Gasteiger partial charge in [0.05, 0.1) is 0 Å². The molecule has 23 heavy (non-hydrogen) atoms. The molecule has 126 valence electrons. The lowest BCUT2D eigenvalue weighted by Crippen LogP contribution is -2.33. The molecule has 6 nitrogen and oxygen atoms in total. The monoisotopic (exact) mass is 340 g/mol. The van der Waals surface area contributed by atoms with Crippen LogP contribution in [0.1, 0.15) is 25.0 Å². The molecule has 0 bridgehead atoms. The minimum atomic E-state index is -4.76. The third kappa shape index (κ3) is 3.13. The van der Waals surface area contributed by atoms with E-state index < -0.39 is 13.1 Å². The number of fused-ring (bicyclic) bond motifs is 1. The van der Waals surface area contributed by atoms with Crippen LogP contribution in [0.3, 0.4) is 0 Å². The molecule has 2 aromatic rings. The standard InChI is InChI=1S/C16H21O6P/c1-4-21-16(22-5-2,23(18,19)20)13-7-8-14-11(3)15(17)9-6-12(14)10-13/h6-10,17H,4-5H2,1-3H3,(H2,18,19,20). The molecule has 0 aliphatic rings. The Kier molecular flexibility index (Phi) is 5.14. The van der Waals surface area contributed by atoms with E-state index in [0.717, 1.165) is 10.8 Å². The molecule has 0 saturated carbocycles. The summed E-state index contributed by atoms with van der Waals surface area (Å²) in [6.45, 7) is 5.23. The van der Waals surface area contributed by atoms with Gasteiger partial charge in [-0.2, -0.15) is 0 Å². The minimum absolute atomic E-state index is 0.0811. The lowest BCUT2D eigenvalue weighted by molar-refractivity contribution is -0.192. The lowest BCUT2D eigenvalue weighted by Gasteiger charge is -2.33. The van der Waals surface area contributed by atoms with Crippen LogP contribution in [0, 0.1) is 6.92 Å². The third-order valence-corrected chi connectivity index (χ3v) is 4.97. The van der Waals surface area contributed by atoms with E-state index in [4.69, 9.17) is 9.47 Å². The molecule has 0 saturated heterocycles. The van der Waals surface area contributed by atoms with E-state index in [1.165, 1.54) is 0 Å². The summed E-state index contributed by atoms with van der Waals surface area (Å²) in [7, 11) is -4.76. The first-order valence-electron chi connectivity index (χ1n) is 7.33. The van der Waals surface area contributed by atoms with Crippen molar-refractivity contribution in [1.82, 2.24) is 0 Å². The van der Waals surface area contributed by atoms with Crippen molar-refractivity contribution < 1.29 is 28.9 Å². The Hall–Kier alpha value is -1.43. The molecule has 0 fully saturated rings. The molecule has 2 aromatic carbocycles. The van der Waals surface area contributed by atoms with Crippen LogP contribution in [0.25, 0.3) is 10.8 Å². The van der Waals surface area contributed by atoms with Crippen LogP contribution in [0.4, 0.5) is 0 Å². The Bertz CT molecular complexity index is 746. The summed E-state index contributed by atoms with van der Waals surface area (Å²) < 4.78 is 22.9. The molecule has 0 spiro atoms. The zero-order valence-corrected chi connectivity index (χ0v) is 14.2. The molecule has 0 aliphatic heterocycles. The number of benzene rings is 2. The van der Waals surface area contributed by atoms with E-state index in [0.29, 0.717) is 5.56 Å². The maximum atomic E-state index is 12.1. The van der Waals surface area contributed by atoms with Gasteiger partial charge >= 0.3 is 7.60 Å². The second kappa shape index (κ2) is 6.59. The lowest BCUT2D eigenvalue weighted by atomic mass is 10.0. The Balaban J connectivity index is 2.70. The number of phenols is 1. The first kappa shape index (κ1) is 17.9. The molecule has 3 N–H and O–H groups in total. The molecule has 0 radical (unpaired) electrons. The van der Waals surface area contributed by atoms with E-state index in [1.807, 2.05) is 0 Å². The maximum absolute atomic E-state index is 12.1. The van der Waals surface area contributed by atoms with Crippen molar-refractivity contribution in [2.24, 2.45) is 0 Å². The van der Waals surface area contributed by atoms with E-state index in [9.17, 15) is 19.5 Å². The van der Waals surface area contributed by atoms with Crippen molar-refractivity contribution in [3.05, 3.63) is 41.5 Å². The zero-order valence-electron chi connectivity index (χ0n) is 13.3. The largest absolute Gasteiger partial charge is 0.508 e. The van der Waals surface area contributed by atoms with E-state index in [2.05, 4.69) is 0 Å². The van der Waals surface area contributed by atoms with Gasteiger partial charge in [0.15, 0.2) is 0 Å². The Morgan fingerprint density at radius 3 is 2.22 bits per heavy atom. The normalized spacial score (nSPS) is 12.7. The second-order valence-electron chi connectivity index (χ2n) is 5.14. The average molecular weight is 340 g/mol. The van der Waals surface area contributed by atoms with Gasteiger partial charge in [-0.3, -0.25) is 4.57 Å². The van der Waals surface area contributed by atoms with E-state index in [-0.39, 0.29) is 24.5 Å². The van der Waals surface area contributed by atoms with Crippen LogP contribution >= 0.6 is 7.60 Å². The average Bonchev–Trinajstić information content (AvgIpc) is 2.49. The van der Waals surface area contributed by atoms with Crippen molar-refractivity contribution in [1.29, 1.82) is 0 Å². The highest BCUT2D eigenvalue weighted by molar-refractivity contribution is 7.52. The van der Waals surface area contributed by atoms with Crippen molar-refractivity contribution in [3.8, 4) is 5.75 Å². The van der Waals surface area contributed by atoms with Crippen LogP contribution in [-0.2, 0) is 19.6 Å². The minimum Gasteiger partial charge on any atom is -0.508 e. The van der Waals surface area contributed by atoms with Gasteiger partial charge in [0.1, 0.15) is 5.75 Å². The van der Waals surface area contributed by atoms with Crippen molar-refractivity contribution in [2.75, 3.05) is 13.2 Å². The SMILES string of the molecule is CCOC(OCC)(c1ccc2c(C)c(O)ccc2c1)P(=O)(O)O. The summed E-state index contributed by atoms with van der Waals surface area (Å²) >= 11 is 0. The highest BCUT2D eigenvalue weighted by atomic mass is 31.2. The van der Waals surface area contributed by atoms with Gasteiger partial charge in [0, 0.05) is 18.8 Å². The van der Waals surface area contributed by atoms with Gasteiger partial charge in [0.2, 0.25) is 0 Å². The van der Waals surface area contributed by atoms with Gasteiger partial charge in [-0.1, -0.05) is 18.2 Å². The fourth-order valence-corrected chi connectivity index (χ4v) is 3.68. The quantitative estimate of drug-likeness (QED) is 0.552. The number of aryl methyl sites for hydroxylation is 1. The van der Waals surface area contributed by atoms with Crippen molar-refractivity contribution >= 4 is 18.4 Å². The van der Waals surface area contributed by atoms with Crippen molar-refractivity contribution in [2.45, 2.75) is 26.3 Å². The number of phenolic OH excluding ortho intramolecular Hbond substituents is 1. The molecule has 0 amide bonds. The van der Waals surface area contributed by atoms with Crippen LogP contribution in [0.2, 0.25) is 0 Å². The molecule has 7 heteroatoms. The predicted octanol–water partition coefficient (Wildman–Crippen LogP) is 3.21. The predicted molar refractivity (Wildman–Crippen MR) is 87.3 cm³/mol. The Labute approximate surface area is 134 Å². The first-order chi connectivity index (χ1) is 10.8. The Morgan fingerprint density at radius 1 is 1.09 bits per heavy atom. The molecule has 0 aromatic heterocycles. The van der Waals surface area contributed by atoms with Gasteiger partial charge < -0.3 is 24.4 Å². The van der Waals surface area contributed by atoms with Crippen LogP contribution < -0.4 is 0 Å². The molecule has 2 rings (SSSR count).